The lowest BCUT2D eigenvalue weighted by atomic mass is 8.95. The lowest BCUT2D eigenvalue weighted by Gasteiger charge is -3.09. The van der Waals surface area contributed by atoms with Gasteiger partial charge in [-0.05, 0) is 29.7 Å². The van der Waals surface area contributed by atoms with E-state index in [1.54, 1.807) is 6.92 Å². The van der Waals surface area contributed by atoms with Crippen molar-refractivity contribution in [3.05, 3.63) is 0 Å². The molecular weight excluding hydrogens is 214 g/mol. The lowest BCUT2D eigenvalue weighted by Crippen LogP contribution is -3.13. The molecule has 6 aliphatic carbocycles. The summed E-state index contributed by atoms with van der Waals surface area (Å²) in [5.41, 5.74) is 6.48. The quantitative estimate of drug-likeness (QED) is 0.696. The third-order valence-electron chi connectivity index (χ3n) is 6.42. The molecule has 0 aromatic rings. The van der Waals surface area contributed by atoms with Crippen molar-refractivity contribution in [2.45, 2.75) is 12.5 Å². The maximum atomic E-state index is 11.0. The highest BCUT2D eigenvalue weighted by Crippen LogP contribution is 3.07. The number of carbonyl (C=O) groups is 1. The Morgan fingerprint density at radius 1 is 1.20 bits per heavy atom. The first-order valence-corrected chi connectivity index (χ1v) is 5.61. The van der Waals surface area contributed by atoms with E-state index in [9.17, 15) is 4.79 Å². The Kier molecular flexibility index (Phi) is 1.08. The van der Waals surface area contributed by atoms with Gasteiger partial charge in [-0.2, -0.15) is 0 Å². The van der Waals surface area contributed by atoms with Crippen LogP contribution in [0.1, 0.15) is 6.92 Å². The molecule has 3 nitrogen and oxygen atoms in total. The average Bonchev–Trinajstić information content (AvgIpc) is 2.18. The van der Waals surface area contributed by atoms with Crippen molar-refractivity contribution in [2.75, 3.05) is 6.54 Å². The van der Waals surface area contributed by atoms with E-state index in [-0.39, 0.29) is 24.0 Å². The third kappa shape index (κ3) is 0.411. The van der Waals surface area contributed by atoms with E-state index < -0.39 is 0 Å². The second-order valence-electron chi connectivity index (χ2n) is 5.92. The second kappa shape index (κ2) is 1.84. The fourth-order valence-electron chi connectivity index (χ4n) is 6.51. The zero-order valence-corrected chi connectivity index (χ0v) is 9.29. The molecule has 0 unspecified atom stereocenters. The van der Waals surface area contributed by atoms with Gasteiger partial charge in [0.15, 0.2) is 0 Å². The zero-order chi connectivity index (χ0) is 9.46. The van der Waals surface area contributed by atoms with Crippen LogP contribution >= 0.6 is 12.4 Å². The summed E-state index contributed by atoms with van der Waals surface area (Å²) in [5, 5.41) is 0. The van der Waals surface area contributed by atoms with E-state index in [0.717, 1.165) is 42.1 Å². The number of halogens is 1. The van der Waals surface area contributed by atoms with Crippen LogP contribution in [0.25, 0.3) is 0 Å². The van der Waals surface area contributed by atoms with Crippen molar-refractivity contribution in [1.82, 2.24) is 0 Å². The Balaban J connectivity index is 0.000000648. The van der Waals surface area contributed by atoms with E-state index >= 15 is 0 Å². The first kappa shape index (κ1) is 8.82. The number of nitrogens with two attached hydrogens (primary N) is 1. The molecule has 0 aromatic heterocycles. The summed E-state index contributed by atoms with van der Waals surface area (Å²) >= 11 is 0. The molecule has 0 saturated heterocycles. The molecule has 82 valence electrons. The van der Waals surface area contributed by atoms with Gasteiger partial charge in [0.1, 0.15) is 5.60 Å². The fraction of sp³-hybridized carbons (Fsp3) is 0.909. The summed E-state index contributed by atoms with van der Waals surface area (Å²) in [4.78, 5) is 11.0. The molecule has 6 aliphatic rings. The number of ether oxygens (including phenoxy) is 1. The maximum absolute atomic E-state index is 11.0. The monoisotopic (exact) mass is 227 g/mol. The molecular formula is C11H14ClNO2. The van der Waals surface area contributed by atoms with Crippen LogP contribution in [-0.4, -0.2) is 18.1 Å². The average molecular weight is 228 g/mol. The minimum atomic E-state index is -0.0810. The first-order valence-electron chi connectivity index (χ1n) is 5.61. The van der Waals surface area contributed by atoms with Crippen LogP contribution in [0.15, 0.2) is 0 Å². The van der Waals surface area contributed by atoms with Gasteiger partial charge in [0.05, 0.1) is 0 Å². The van der Waals surface area contributed by atoms with Gasteiger partial charge in [-0.15, -0.1) is 12.4 Å². The van der Waals surface area contributed by atoms with Crippen LogP contribution in [0.3, 0.4) is 0 Å². The third-order valence-corrected chi connectivity index (χ3v) is 6.42. The van der Waals surface area contributed by atoms with Gasteiger partial charge in [0, 0.05) is 24.7 Å². The molecule has 0 bridgehead atoms. The zero-order valence-electron chi connectivity index (χ0n) is 8.47. The molecule has 6 rings (SSSR count). The summed E-state index contributed by atoms with van der Waals surface area (Å²) in [6, 6.07) is 0. The van der Waals surface area contributed by atoms with Crippen LogP contribution in [-0.2, 0) is 9.53 Å². The van der Waals surface area contributed by atoms with Crippen molar-refractivity contribution < 1.29 is 9.53 Å². The minimum Gasteiger partial charge on any atom is -0.458 e. The van der Waals surface area contributed by atoms with Gasteiger partial charge in [0.25, 0.3) is 0 Å². The summed E-state index contributed by atoms with van der Waals surface area (Å²) in [6.45, 7) is 2.42. The number of hydrogen-bond donors (Lipinski definition) is 1. The van der Waals surface area contributed by atoms with Crippen LogP contribution < -0.4 is 5.73 Å². The van der Waals surface area contributed by atoms with E-state index in [1.165, 1.54) is 0 Å². The highest BCUT2D eigenvalue weighted by Gasteiger charge is 3.11. The van der Waals surface area contributed by atoms with Crippen LogP contribution in [0.5, 0.6) is 0 Å². The summed E-state index contributed by atoms with van der Waals surface area (Å²) < 4.78 is 5.56. The second-order valence-corrected chi connectivity index (χ2v) is 5.92. The number of hydrogen-bond acceptors (Lipinski definition) is 3. The van der Waals surface area contributed by atoms with E-state index in [1.807, 2.05) is 0 Å². The van der Waals surface area contributed by atoms with Gasteiger partial charge < -0.3 is 10.5 Å². The van der Waals surface area contributed by atoms with E-state index in [0.29, 0.717) is 5.41 Å². The largest absolute Gasteiger partial charge is 0.458 e. The molecule has 2 N–H and O–H groups in total. The highest BCUT2D eigenvalue weighted by atomic mass is 35.5. The summed E-state index contributed by atoms with van der Waals surface area (Å²) in [7, 11) is 0. The number of rotatable bonds is 2. The molecule has 15 heavy (non-hydrogen) atoms. The van der Waals surface area contributed by atoms with E-state index in [2.05, 4.69) is 0 Å². The normalized spacial score (nSPS) is 71.9. The topological polar surface area (TPSA) is 52.3 Å². The molecule has 0 aliphatic heterocycles. The lowest BCUT2D eigenvalue weighted by molar-refractivity contribution is -0.656. The van der Waals surface area contributed by atoms with Crippen LogP contribution in [0, 0.1) is 40.9 Å². The molecule has 0 atom stereocenters. The summed E-state index contributed by atoms with van der Waals surface area (Å²) in [5.74, 6) is 4.67. The molecule has 0 amide bonds. The minimum absolute atomic E-state index is 0. The Morgan fingerprint density at radius 2 is 1.67 bits per heavy atom. The Labute approximate surface area is 94.1 Å². The standard InChI is InChI=1S/C11H13NO2.ClH/c1-3(13)14-11-7-4-8(11)6-9(11)5(7)10(4,6)2-12;/h4-9H,2,12H2,1H3;1H. The highest BCUT2D eigenvalue weighted by molar-refractivity contribution is 5.85. The van der Waals surface area contributed by atoms with Crippen molar-refractivity contribution in [2.24, 2.45) is 46.7 Å². The molecule has 4 heteroatoms. The van der Waals surface area contributed by atoms with Crippen molar-refractivity contribution in [3.8, 4) is 0 Å². The Bertz CT molecular complexity index is 354. The maximum Gasteiger partial charge on any atom is 0.303 e. The molecule has 0 spiro atoms. The predicted molar refractivity (Wildman–Crippen MR) is 54.2 cm³/mol. The molecule has 6 saturated carbocycles. The number of esters is 1. The molecule has 6 fully saturated rings. The van der Waals surface area contributed by atoms with Gasteiger partial charge in [-0.1, -0.05) is 0 Å². The van der Waals surface area contributed by atoms with Crippen LogP contribution in [0.2, 0.25) is 0 Å². The van der Waals surface area contributed by atoms with Crippen molar-refractivity contribution in [1.29, 1.82) is 0 Å². The van der Waals surface area contributed by atoms with Gasteiger partial charge in [-0.25, -0.2) is 0 Å². The van der Waals surface area contributed by atoms with Gasteiger partial charge >= 0.3 is 5.97 Å². The fourth-order valence-corrected chi connectivity index (χ4v) is 6.51. The van der Waals surface area contributed by atoms with Crippen molar-refractivity contribution in [3.63, 3.8) is 0 Å². The van der Waals surface area contributed by atoms with Gasteiger partial charge in [0.2, 0.25) is 0 Å². The van der Waals surface area contributed by atoms with Crippen molar-refractivity contribution >= 4 is 18.4 Å². The Morgan fingerprint density at radius 3 is 2.00 bits per heavy atom. The number of carbonyl (C=O) groups excluding carboxylic acids is 1. The Hall–Kier alpha value is -0.280. The molecule has 0 heterocycles. The SMILES string of the molecule is CC(=O)OC12C3C4C1C1C2C3C41CN.Cl. The summed E-state index contributed by atoms with van der Waals surface area (Å²) in [6.07, 6.45) is 0. The van der Waals surface area contributed by atoms with Crippen LogP contribution in [0.4, 0.5) is 0 Å². The molecule has 0 aromatic carbocycles. The first-order chi connectivity index (χ1) is 6.71. The molecule has 0 radical (unpaired) electrons. The predicted octanol–water partition coefficient (Wildman–Crippen LogP) is 0.420. The van der Waals surface area contributed by atoms with E-state index in [4.69, 9.17) is 10.5 Å². The van der Waals surface area contributed by atoms with Gasteiger partial charge in [-0.3, -0.25) is 4.79 Å². The smallest absolute Gasteiger partial charge is 0.303 e.